The van der Waals surface area contributed by atoms with Gasteiger partial charge in [0.2, 0.25) is 0 Å². The molecular weight excluding hydrogens is 312 g/mol. The Morgan fingerprint density at radius 3 is 2.71 bits per heavy atom. The number of aliphatic hydroxyl groups is 1. The van der Waals surface area contributed by atoms with Crippen LogP contribution in [0.15, 0.2) is 17.7 Å². The number of hydrogen-bond donors (Lipinski definition) is 3. The Labute approximate surface area is 141 Å². The lowest BCUT2D eigenvalue weighted by molar-refractivity contribution is -0.0594. The fourth-order valence-electron chi connectivity index (χ4n) is 2.86. The molecule has 2 atom stereocenters. The number of aromatic hydroxyl groups is 2. The quantitative estimate of drug-likeness (QED) is 0.578. The van der Waals surface area contributed by atoms with Crippen LogP contribution >= 0.6 is 0 Å². The number of allylic oxidation sites excluding steroid dienone is 2. The second kappa shape index (κ2) is 6.73. The van der Waals surface area contributed by atoms with Gasteiger partial charge in [0.25, 0.3) is 0 Å². The third-order valence-corrected chi connectivity index (χ3v) is 4.37. The number of phenols is 2. The number of carbonyl (C=O) groups is 1. The lowest BCUT2D eigenvalue weighted by Gasteiger charge is -2.40. The van der Waals surface area contributed by atoms with E-state index < -0.39 is 29.2 Å². The molecule has 0 amide bonds. The van der Waals surface area contributed by atoms with Crippen LogP contribution in [0.4, 0.5) is 0 Å². The van der Waals surface area contributed by atoms with Crippen LogP contribution in [0.1, 0.15) is 49.5 Å². The zero-order chi connectivity index (χ0) is 18.1. The fraction of sp³-hybridized carbons (Fsp3) is 0.500. The summed E-state index contributed by atoms with van der Waals surface area (Å²) in [5, 5.41) is 30.8. The Morgan fingerprint density at radius 2 is 2.12 bits per heavy atom. The lowest BCUT2D eigenvalue weighted by atomic mass is 9.85. The fourth-order valence-corrected chi connectivity index (χ4v) is 2.86. The van der Waals surface area contributed by atoms with E-state index in [1.807, 2.05) is 13.8 Å². The number of benzene rings is 1. The summed E-state index contributed by atoms with van der Waals surface area (Å²) in [5.74, 6) is -1.41. The summed E-state index contributed by atoms with van der Waals surface area (Å²) in [5.41, 5.74) is 0.313. The second-order valence-corrected chi connectivity index (χ2v) is 6.54. The van der Waals surface area contributed by atoms with Crippen molar-refractivity contribution in [3.63, 3.8) is 0 Å². The van der Waals surface area contributed by atoms with Crippen LogP contribution in [0.5, 0.6) is 17.2 Å². The molecule has 6 heteroatoms. The van der Waals surface area contributed by atoms with Gasteiger partial charge in [-0.05, 0) is 33.6 Å². The Balaban J connectivity index is 2.37. The molecule has 24 heavy (non-hydrogen) atoms. The average Bonchev–Trinajstić information content (AvgIpc) is 2.49. The summed E-state index contributed by atoms with van der Waals surface area (Å²) in [6, 6.07) is 1.28. The maximum Gasteiger partial charge on any atom is 0.345 e. The molecule has 1 aliphatic rings. The number of hydrogen-bond acceptors (Lipinski definition) is 6. The van der Waals surface area contributed by atoms with Gasteiger partial charge in [0, 0.05) is 18.1 Å². The Bertz CT molecular complexity index is 675. The molecule has 0 saturated heterocycles. The first-order chi connectivity index (χ1) is 11.2. The minimum Gasteiger partial charge on any atom is -0.507 e. The van der Waals surface area contributed by atoms with Gasteiger partial charge in [0.1, 0.15) is 28.4 Å². The molecule has 0 unspecified atom stereocenters. The molecule has 0 saturated carbocycles. The average molecular weight is 336 g/mol. The van der Waals surface area contributed by atoms with Crippen LogP contribution in [-0.2, 0) is 11.2 Å². The third kappa shape index (κ3) is 3.33. The number of esters is 1. The number of carbonyl (C=O) groups excluding carboxylic acids is 1. The molecular formula is C18H24O6. The number of ether oxygens (including phenoxy) is 2. The molecule has 0 aromatic heterocycles. The highest BCUT2D eigenvalue weighted by Crippen LogP contribution is 2.45. The molecule has 2 rings (SSSR count). The molecule has 132 valence electrons. The van der Waals surface area contributed by atoms with E-state index in [1.165, 1.54) is 11.6 Å². The molecule has 1 heterocycles. The van der Waals surface area contributed by atoms with Crippen molar-refractivity contribution in [2.75, 3.05) is 7.11 Å². The third-order valence-electron chi connectivity index (χ3n) is 4.37. The highest BCUT2D eigenvalue weighted by Gasteiger charge is 2.41. The van der Waals surface area contributed by atoms with E-state index in [0.717, 1.165) is 13.5 Å². The van der Waals surface area contributed by atoms with Gasteiger partial charge in [-0.25, -0.2) is 4.79 Å². The van der Waals surface area contributed by atoms with Crippen molar-refractivity contribution in [1.82, 2.24) is 0 Å². The van der Waals surface area contributed by atoms with E-state index in [-0.39, 0.29) is 17.7 Å². The predicted octanol–water partition coefficient (Wildman–Crippen LogP) is 2.69. The Morgan fingerprint density at radius 1 is 1.46 bits per heavy atom. The van der Waals surface area contributed by atoms with Gasteiger partial charge in [-0.2, -0.15) is 0 Å². The summed E-state index contributed by atoms with van der Waals surface area (Å²) >= 11 is 0. The molecule has 1 aliphatic heterocycles. The Kier molecular flexibility index (Phi) is 5.08. The number of phenolic OH excluding ortho intramolecular Hbond substituents is 2. The van der Waals surface area contributed by atoms with Crippen molar-refractivity contribution in [3.05, 3.63) is 28.8 Å². The van der Waals surface area contributed by atoms with Gasteiger partial charge < -0.3 is 24.8 Å². The van der Waals surface area contributed by atoms with Crippen LogP contribution in [0, 0.1) is 0 Å². The van der Waals surface area contributed by atoms with Gasteiger partial charge in [0.15, 0.2) is 0 Å². The topological polar surface area (TPSA) is 96.2 Å². The van der Waals surface area contributed by atoms with Crippen LogP contribution < -0.4 is 4.74 Å². The van der Waals surface area contributed by atoms with E-state index in [2.05, 4.69) is 10.8 Å². The summed E-state index contributed by atoms with van der Waals surface area (Å²) in [6.07, 6.45) is 2.65. The highest BCUT2D eigenvalue weighted by molar-refractivity contribution is 5.96. The number of rotatable bonds is 4. The summed E-state index contributed by atoms with van der Waals surface area (Å²) in [7, 11) is 1.16. The molecule has 0 radical (unpaired) electrons. The Hall–Kier alpha value is -2.21. The number of methoxy groups -OCH3 is 1. The maximum atomic E-state index is 11.7. The lowest BCUT2D eigenvalue weighted by Crippen LogP contribution is -2.48. The normalized spacial score (nSPS) is 22.3. The van der Waals surface area contributed by atoms with Crippen molar-refractivity contribution >= 4 is 5.97 Å². The van der Waals surface area contributed by atoms with Gasteiger partial charge in [-0.1, -0.05) is 11.6 Å². The minimum absolute atomic E-state index is 0.122. The first-order valence-electron chi connectivity index (χ1n) is 7.86. The summed E-state index contributed by atoms with van der Waals surface area (Å²) < 4.78 is 10.5. The summed E-state index contributed by atoms with van der Waals surface area (Å²) in [4.78, 5) is 11.7. The number of aliphatic hydroxyl groups excluding tert-OH is 1. The second-order valence-electron chi connectivity index (χ2n) is 6.54. The molecule has 0 fully saturated rings. The molecule has 1 aromatic carbocycles. The van der Waals surface area contributed by atoms with Gasteiger partial charge in [-0.3, -0.25) is 0 Å². The standard InChI is InChI=1S/C18H24O6/c1-10(2)6-5-7-18(3)14(20)8-11-13(24-18)9-12(19)15(16(11)21)17(22)23-4/h6,9,14,19-21H,5,7-8H2,1-4H3/t14-,18-/m0/s1. The first kappa shape index (κ1) is 18.1. The molecule has 0 bridgehead atoms. The zero-order valence-electron chi connectivity index (χ0n) is 14.4. The molecule has 1 aromatic rings. The van der Waals surface area contributed by atoms with Crippen LogP contribution in [0.25, 0.3) is 0 Å². The minimum atomic E-state index is -0.850. The predicted molar refractivity (Wildman–Crippen MR) is 88.5 cm³/mol. The smallest absolute Gasteiger partial charge is 0.345 e. The van der Waals surface area contributed by atoms with Gasteiger partial charge in [0.05, 0.1) is 13.2 Å². The zero-order valence-corrected chi connectivity index (χ0v) is 14.4. The SMILES string of the molecule is COC(=O)c1c(O)cc2c(c1O)C[C@H](O)[C@](C)(CCC=C(C)C)O2. The van der Waals surface area contributed by atoms with E-state index in [1.54, 1.807) is 6.92 Å². The largest absolute Gasteiger partial charge is 0.507 e. The van der Waals surface area contributed by atoms with E-state index in [0.29, 0.717) is 12.0 Å². The highest BCUT2D eigenvalue weighted by atomic mass is 16.5. The molecule has 6 nitrogen and oxygen atoms in total. The van der Waals surface area contributed by atoms with Crippen LogP contribution in [-0.4, -0.2) is 40.1 Å². The van der Waals surface area contributed by atoms with Crippen LogP contribution in [0.2, 0.25) is 0 Å². The molecule has 0 aliphatic carbocycles. The van der Waals surface area contributed by atoms with Crippen molar-refractivity contribution in [2.24, 2.45) is 0 Å². The van der Waals surface area contributed by atoms with Gasteiger partial charge in [-0.15, -0.1) is 0 Å². The van der Waals surface area contributed by atoms with Crippen LogP contribution in [0.3, 0.4) is 0 Å². The van der Waals surface area contributed by atoms with Crippen molar-refractivity contribution in [1.29, 1.82) is 0 Å². The van der Waals surface area contributed by atoms with E-state index in [9.17, 15) is 20.1 Å². The summed E-state index contributed by atoms with van der Waals surface area (Å²) in [6.45, 7) is 5.79. The molecule has 0 spiro atoms. The van der Waals surface area contributed by atoms with Gasteiger partial charge >= 0.3 is 5.97 Å². The van der Waals surface area contributed by atoms with Crippen molar-refractivity contribution in [3.8, 4) is 17.2 Å². The van der Waals surface area contributed by atoms with E-state index in [4.69, 9.17) is 4.74 Å². The maximum absolute atomic E-state index is 11.7. The number of fused-ring (bicyclic) bond motifs is 1. The van der Waals surface area contributed by atoms with Crippen molar-refractivity contribution in [2.45, 2.75) is 51.7 Å². The van der Waals surface area contributed by atoms with E-state index >= 15 is 0 Å². The van der Waals surface area contributed by atoms with Crippen molar-refractivity contribution < 1.29 is 29.6 Å². The molecule has 3 N–H and O–H groups in total. The monoisotopic (exact) mass is 336 g/mol. The first-order valence-corrected chi connectivity index (χ1v) is 7.86.